The van der Waals surface area contributed by atoms with Gasteiger partial charge < -0.3 is 4.90 Å². The van der Waals surface area contributed by atoms with Crippen LogP contribution in [0.15, 0.2) is 47.5 Å². The summed E-state index contributed by atoms with van der Waals surface area (Å²) in [6.07, 6.45) is 1.85. The Morgan fingerprint density at radius 2 is 1.93 bits per heavy atom. The zero-order chi connectivity index (χ0) is 19.1. The number of benzene rings is 2. The van der Waals surface area contributed by atoms with Crippen LogP contribution in [0.4, 0.5) is 14.5 Å². The molecule has 0 saturated carbocycles. The number of nitrogens with zero attached hydrogens (tertiary/aromatic N) is 3. The molecule has 1 atom stereocenters. The molecule has 2 heterocycles. The van der Waals surface area contributed by atoms with E-state index in [0.29, 0.717) is 11.9 Å². The van der Waals surface area contributed by atoms with Crippen LogP contribution in [0.3, 0.4) is 0 Å². The minimum absolute atomic E-state index is 0.0448. The maximum atomic E-state index is 14.0. The second-order valence-electron chi connectivity index (χ2n) is 6.99. The number of para-hydroxylation sites is 1. The van der Waals surface area contributed by atoms with Crippen LogP contribution in [0.5, 0.6) is 0 Å². The van der Waals surface area contributed by atoms with E-state index in [1.165, 1.54) is 6.07 Å². The van der Waals surface area contributed by atoms with Crippen LogP contribution in [-0.2, 0) is 6.54 Å². The third kappa shape index (κ3) is 3.16. The molecule has 0 radical (unpaired) electrons. The first-order valence-electron chi connectivity index (χ1n) is 8.77. The number of aromatic nitrogens is 1. The van der Waals surface area contributed by atoms with E-state index in [1.54, 1.807) is 6.07 Å². The van der Waals surface area contributed by atoms with Gasteiger partial charge in [0.2, 0.25) is 0 Å². The molecule has 1 aliphatic rings. The fourth-order valence-electron chi connectivity index (χ4n) is 3.45. The molecule has 1 unspecified atom stereocenters. The van der Waals surface area contributed by atoms with E-state index in [0.717, 1.165) is 22.9 Å². The summed E-state index contributed by atoms with van der Waals surface area (Å²) < 4.78 is 27.5. The number of fused-ring (bicyclic) bond motifs is 2. The average molecular weight is 386 g/mol. The minimum Gasteiger partial charge on any atom is -0.344 e. The second-order valence-corrected chi connectivity index (χ2v) is 7.35. The van der Waals surface area contributed by atoms with Crippen LogP contribution < -0.4 is 4.90 Å². The zero-order valence-electron chi connectivity index (χ0n) is 15.0. The van der Waals surface area contributed by atoms with E-state index < -0.39 is 11.6 Å². The van der Waals surface area contributed by atoms with Crippen molar-refractivity contribution in [2.24, 2.45) is 10.9 Å². The highest BCUT2D eigenvalue weighted by atomic mass is 35.5. The summed E-state index contributed by atoms with van der Waals surface area (Å²) in [7, 11) is 0. The van der Waals surface area contributed by atoms with Crippen molar-refractivity contribution in [2.75, 3.05) is 4.90 Å². The van der Waals surface area contributed by atoms with Crippen LogP contribution in [0.1, 0.15) is 25.0 Å². The van der Waals surface area contributed by atoms with Crippen LogP contribution in [0.25, 0.3) is 10.9 Å². The van der Waals surface area contributed by atoms with Gasteiger partial charge in [0, 0.05) is 35.0 Å². The summed E-state index contributed by atoms with van der Waals surface area (Å²) in [5, 5.41) is 0.685. The van der Waals surface area contributed by atoms with Crippen molar-refractivity contribution in [2.45, 2.75) is 26.6 Å². The molecular weight excluding hydrogens is 368 g/mol. The Bertz CT molecular complexity index is 1050. The molecule has 1 aromatic heterocycles. The molecule has 138 valence electrons. The molecule has 0 spiro atoms. The Morgan fingerprint density at radius 1 is 1.15 bits per heavy atom. The molecule has 27 heavy (non-hydrogen) atoms. The van der Waals surface area contributed by atoms with Gasteiger partial charge in [-0.15, -0.1) is 0 Å². The van der Waals surface area contributed by atoms with E-state index in [2.05, 4.69) is 23.7 Å². The first-order chi connectivity index (χ1) is 13.0. The molecule has 3 nitrogen and oxygen atoms in total. The molecule has 0 amide bonds. The highest BCUT2D eigenvalue weighted by Gasteiger charge is 2.27. The molecular formula is C21H18ClF2N3. The van der Waals surface area contributed by atoms with Crippen molar-refractivity contribution in [3.8, 4) is 0 Å². The number of hydrogen-bond acceptors (Lipinski definition) is 3. The molecule has 0 bridgehead atoms. The van der Waals surface area contributed by atoms with E-state index >= 15 is 0 Å². The highest BCUT2D eigenvalue weighted by molar-refractivity contribution is 6.30. The summed E-state index contributed by atoms with van der Waals surface area (Å²) in [6, 6.07) is 12.4. The van der Waals surface area contributed by atoms with E-state index in [9.17, 15) is 8.78 Å². The number of pyridine rings is 1. The average Bonchev–Trinajstić information content (AvgIpc) is 2.66. The van der Waals surface area contributed by atoms with E-state index in [-0.39, 0.29) is 22.8 Å². The SMILES string of the molecule is CC(C)C1N=Cc2ccccc2N1Cc1cc2ccc(F)c(F)c2nc1Cl. The molecule has 3 aromatic rings. The van der Waals surface area contributed by atoms with Gasteiger partial charge in [-0.3, -0.25) is 4.99 Å². The fourth-order valence-corrected chi connectivity index (χ4v) is 3.64. The van der Waals surface area contributed by atoms with Gasteiger partial charge in [-0.1, -0.05) is 43.6 Å². The molecule has 2 aromatic carbocycles. The smallest absolute Gasteiger partial charge is 0.185 e. The van der Waals surface area contributed by atoms with Crippen molar-refractivity contribution in [1.82, 2.24) is 4.98 Å². The fraction of sp³-hybridized carbons (Fsp3) is 0.238. The van der Waals surface area contributed by atoms with Crippen molar-refractivity contribution >= 4 is 34.4 Å². The van der Waals surface area contributed by atoms with Gasteiger partial charge in [-0.2, -0.15) is 0 Å². The Kier molecular flexibility index (Phi) is 4.56. The van der Waals surface area contributed by atoms with Gasteiger partial charge >= 0.3 is 0 Å². The van der Waals surface area contributed by atoms with Gasteiger partial charge in [0.25, 0.3) is 0 Å². The van der Waals surface area contributed by atoms with Crippen molar-refractivity contribution in [3.05, 3.63) is 70.4 Å². The molecule has 1 aliphatic heterocycles. The highest BCUT2D eigenvalue weighted by Crippen LogP contribution is 2.32. The number of rotatable bonds is 3. The van der Waals surface area contributed by atoms with Crippen LogP contribution >= 0.6 is 11.6 Å². The van der Waals surface area contributed by atoms with Gasteiger partial charge in [0.15, 0.2) is 11.6 Å². The lowest BCUT2D eigenvalue weighted by Gasteiger charge is -2.37. The third-order valence-electron chi connectivity index (χ3n) is 4.77. The first-order valence-corrected chi connectivity index (χ1v) is 9.15. The predicted molar refractivity (Wildman–Crippen MR) is 106 cm³/mol. The number of halogens is 3. The number of anilines is 1. The summed E-state index contributed by atoms with van der Waals surface area (Å²) in [4.78, 5) is 11.0. The van der Waals surface area contributed by atoms with Crippen molar-refractivity contribution in [3.63, 3.8) is 0 Å². The molecule has 0 N–H and O–H groups in total. The van der Waals surface area contributed by atoms with Gasteiger partial charge in [0.1, 0.15) is 16.8 Å². The van der Waals surface area contributed by atoms with Gasteiger partial charge in [0.05, 0.1) is 0 Å². The molecule has 6 heteroatoms. The quantitative estimate of drug-likeness (QED) is 0.550. The van der Waals surface area contributed by atoms with Crippen LogP contribution in [0, 0.1) is 17.6 Å². The molecule has 0 saturated heterocycles. The Hall–Kier alpha value is -2.53. The number of aliphatic imine (C=N–C) groups is 1. The lowest BCUT2D eigenvalue weighted by molar-refractivity contribution is 0.464. The van der Waals surface area contributed by atoms with E-state index in [4.69, 9.17) is 16.6 Å². The first kappa shape index (κ1) is 17.9. The molecule has 0 aliphatic carbocycles. The maximum Gasteiger partial charge on any atom is 0.185 e. The Morgan fingerprint density at radius 3 is 2.70 bits per heavy atom. The standard InChI is InChI=1S/C21H18ClF2N3/c1-12(2)21-25-10-14-5-3-4-6-17(14)27(21)11-15-9-13-7-8-16(23)18(24)19(13)26-20(15)22/h3-10,12,21H,11H2,1-2H3. The Balaban J connectivity index is 1.79. The van der Waals surface area contributed by atoms with Crippen molar-refractivity contribution in [1.29, 1.82) is 0 Å². The maximum absolute atomic E-state index is 14.0. The van der Waals surface area contributed by atoms with Crippen LogP contribution in [0.2, 0.25) is 5.15 Å². The molecule has 0 fully saturated rings. The minimum atomic E-state index is -0.978. The molecule has 4 rings (SSSR count). The van der Waals surface area contributed by atoms with E-state index in [1.807, 2.05) is 30.5 Å². The largest absolute Gasteiger partial charge is 0.344 e. The van der Waals surface area contributed by atoms with Gasteiger partial charge in [-0.05, 0) is 30.2 Å². The second kappa shape index (κ2) is 6.89. The number of hydrogen-bond donors (Lipinski definition) is 0. The summed E-state index contributed by atoms with van der Waals surface area (Å²) in [6.45, 7) is 4.70. The summed E-state index contributed by atoms with van der Waals surface area (Å²) in [5.74, 6) is -1.62. The monoisotopic (exact) mass is 385 g/mol. The summed E-state index contributed by atoms with van der Waals surface area (Å²) >= 11 is 6.34. The Labute approximate surface area is 161 Å². The lowest BCUT2D eigenvalue weighted by Crippen LogP contribution is -2.40. The third-order valence-corrected chi connectivity index (χ3v) is 5.10. The van der Waals surface area contributed by atoms with Crippen molar-refractivity contribution < 1.29 is 8.78 Å². The normalized spacial score (nSPS) is 16.2. The van der Waals surface area contributed by atoms with Crippen LogP contribution in [-0.4, -0.2) is 17.4 Å². The zero-order valence-corrected chi connectivity index (χ0v) is 15.7. The predicted octanol–water partition coefficient (Wildman–Crippen LogP) is 5.59. The lowest BCUT2D eigenvalue weighted by atomic mass is 10.0. The summed E-state index contributed by atoms with van der Waals surface area (Å²) in [5.41, 5.74) is 2.79. The van der Waals surface area contributed by atoms with Gasteiger partial charge in [-0.25, -0.2) is 13.8 Å². The topological polar surface area (TPSA) is 28.5 Å².